The van der Waals surface area contributed by atoms with Crippen LogP contribution in [0.1, 0.15) is 36.1 Å². The van der Waals surface area contributed by atoms with Gasteiger partial charge in [0.05, 0.1) is 25.3 Å². The number of nitrogens with one attached hydrogen (secondary N) is 2. The number of aliphatic imine (C=N–C) groups is 1. The summed E-state index contributed by atoms with van der Waals surface area (Å²) in [5, 5.41) is 23.7. The Hall–Kier alpha value is -4.51. The molecule has 2 heterocycles. The van der Waals surface area contributed by atoms with Crippen LogP contribution in [0.15, 0.2) is 29.3 Å². The maximum Gasteiger partial charge on any atom is 0.309 e. The fourth-order valence-corrected chi connectivity index (χ4v) is 3.08. The van der Waals surface area contributed by atoms with Gasteiger partial charge >= 0.3 is 5.97 Å². The minimum absolute atomic E-state index is 0.0285. The van der Waals surface area contributed by atoms with Crippen molar-refractivity contribution >= 4 is 29.3 Å². The van der Waals surface area contributed by atoms with Gasteiger partial charge in [0.25, 0.3) is 0 Å². The minimum Gasteiger partial charge on any atom is -0.493 e. The highest BCUT2D eigenvalue weighted by atomic mass is 16.5. The third-order valence-corrected chi connectivity index (χ3v) is 4.41. The van der Waals surface area contributed by atoms with Crippen LogP contribution >= 0.6 is 0 Å². The predicted octanol–water partition coefficient (Wildman–Crippen LogP) is 1.39. The number of fused-ring (bicyclic) bond motifs is 1. The number of hydrogen-bond acceptors (Lipinski definition) is 11. The zero-order valence-corrected chi connectivity index (χ0v) is 16.7. The van der Waals surface area contributed by atoms with Crippen molar-refractivity contribution in [1.29, 1.82) is 10.5 Å². The van der Waals surface area contributed by atoms with Crippen molar-refractivity contribution < 1.29 is 14.3 Å². The van der Waals surface area contributed by atoms with Gasteiger partial charge in [-0.15, -0.1) is 0 Å². The van der Waals surface area contributed by atoms with Crippen LogP contribution in [0.25, 0.3) is 0 Å². The molecule has 0 bridgehead atoms. The number of aromatic nitrogens is 1. The van der Waals surface area contributed by atoms with E-state index in [1.54, 1.807) is 37.4 Å². The summed E-state index contributed by atoms with van der Waals surface area (Å²) in [7, 11) is 0. The summed E-state index contributed by atoms with van der Waals surface area (Å²) in [6.07, 6.45) is 1.91. The van der Waals surface area contributed by atoms with Gasteiger partial charge < -0.3 is 26.3 Å². The van der Waals surface area contributed by atoms with Gasteiger partial charge in [-0.05, 0) is 24.6 Å². The number of esters is 1. The van der Waals surface area contributed by atoms with Crippen molar-refractivity contribution in [3.05, 3.63) is 41.0 Å². The van der Waals surface area contributed by atoms with Gasteiger partial charge in [0, 0.05) is 5.56 Å². The molecule has 11 heteroatoms. The number of nitriles is 2. The van der Waals surface area contributed by atoms with Crippen LogP contribution in [0.3, 0.4) is 0 Å². The number of rotatable bonds is 6. The molecule has 1 unspecified atom stereocenters. The Morgan fingerprint density at radius 1 is 1.35 bits per heavy atom. The van der Waals surface area contributed by atoms with Crippen LogP contribution in [0.2, 0.25) is 0 Å². The molecule has 1 aromatic heterocycles. The summed E-state index contributed by atoms with van der Waals surface area (Å²) in [4.78, 5) is 20.2. The van der Waals surface area contributed by atoms with Crippen molar-refractivity contribution in [3.63, 3.8) is 0 Å². The monoisotopic (exact) mass is 420 g/mol. The fraction of sp³-hybridized carbons (Fsp3) is 0.250. The van der Waals surface area contributed by atoms with E-state index in [1.807, 2.05) is 6.07 Å². The van der Waals surface area contributed by atoms with Gasteiger partial charge in [-0.25, -0.2) is 9.98 Å². The molecule has 0 saturated carbocycles. The first-order valence-electron chi connectivity index (χ1n) is 9.35. The fourth-order valence-electron chi connectivity index (χ4n) is 3.08. The van der Waals surface area contributed by atoms with E-state index in [0.717, 1.165) is 0 Å². The molecule has 31 heavy (non-hydrogen) atoms. The average molecular weight is 420 g/mol. The normalized spacial score (nSPS) is 14.2. The number of guanidine groups is 1. The molecule has 1 aliphatic rings. The number of pyridine rings is 1. The number of benzene rings is 1. The minimum atomic E-state index is -0.680. The van der Waals surface area contributed by atoms with Crippen LogP contribution in [0, 0.1) is 22.8 Å². The van der Waals surface area contributed by atoms with Crippen LogP contribution in [-0.4, -0.2) is 30.1 Å². The van der Waals surface area contributed by atoms with E-state index in [4.69, 9.17) is 26.2 Å². The van der Waals surface area contributed by atoms with E-state index in [2.05, 4.69) is 20.6 Å². The van der Waals surface area contributed by atoms with Gasteiger partial charge in [-0.2, -0.15) is 10.5 Å². The number of hydrogen-bond donors (Lipinski definition) is 4. The maximum atomic E-state index is 11.5. The molecular formula is C20H20N8O3. The van der Waals surface area contributed by atoms with E-state index in [1.165, 1.54) is 0 Å². The molecule has 0 spiro atoms. The largest absolute Gasteiger partial charge is 0.493 e. The molecule has 1 atom stereocenters. The number of nitrogens with zero attached hydrogens (tertiary/aromatic N) is 4. The molecule has 3 rings (SSSR count). The molecule has 1 aliphatic heterocycles. The first-order chi connectivity index (χ1) is 15.0. The Morgan fingerprint density at radius 2 is 2.16 bits per heavy atom. The Balaban J connectivity index is 1.96. The lowest BCUT2D eigenvalue weighted by Crippen LogP contribution is -2.32. The SMILES string of the molecule is CCOC(=O)CCOc1cccc(C2N=C(NC#N)Nc3nc(N)c(C#N)c(N)c32)c1. The summed E-state index contributed by atoms with van der Waals surface area (Å²) in [6, 6.07) is 8.31. The maximum absolute atomic E-state index is 11.5. The van der Waals surface area contributed by atoms with Crippen LogP contribution < -0.4 is 26.8 Å². The molecule has 0 saturated heterocycles. The second kappa shape index (κ2) is 9.33. The highest BCUT2D eigenvalue weighted by molar-refractivity contribution is 5.98. The molecule has 11 nitrogen and oxygen atoms in total. The third kappa shape index (κ3) is 4.57. The zero-order valence-electron chi connectivity index (χ0n) is 16.7. The van der Waals surface area contributed by atoms with E-state index in [-0.39, 0.29) is 42.0 Å². The summed E-state index contributed by atoms with van der Waals surface area (Å²) in [6.45, 7) is 2.19. The molecule has 0 aliphatic carbocycles. The Morgan fingerprint density at radius 3 is 2.87 bits per heavy atom. The standard InChI is InChI=1S/C20H20N8O3/c1-2-30-14(29)6-7-31-12-5-3-4-11(8-12)17-15-16(23)13(9-21)18(24)27-19(15)28-20(26-17)25-10-22/h3-5,8,17H,2,6-7H2,1H3,(H6,23,24,25,26,27,28). The van der Waals surface area contributed by atoms with E-state index in [0.29, 0.717) is 29.3 Å². The first-order valence-corrected chi connectivity index (χ1v) is 9.35. The van der Waals surface area contributed by atoms with Gasteiger partial charge in [-0.3, -0.25) is 10.1 Å². The molecular weight excluding hydrogens is 400 g/mol. The summed E-state index contributed by atoms with van der Waals surface area (Å²) in [5.74, 6) is 0.585. The smallest absolute Gasteiger partial charge is 0.309 e. The molecule has 0 fully saturated rings. The highest BCUT2D eigenvalue weighted by Crippen LogP contribution is 2.41. The quantitative estimate of drug-likeness (QED) is 0.302. The summed E-state index contributed by atoms with van der Waals surface area (Å²) >= 11 is 0. The highest BCUT2D eigenvalue weighted by Gasteiger charge is 2.29. The van der Waals surface area contributed by atoms with Gasteiger partial charge in [0.2, 0.25) is 5.96 Å². The summed E-state index contributed by atoms with van der Waals surface area (Å²) < 4.78 is 10.5. The molecule has 1 aromatic carbocycles. The van der Waals surface area contributed by atoms with E-state index in [9.17, 15) is 10.1 Å². The van der Waals surface area contributed by atoms with Crippen molar-refractivity contribution in [1.82, 2.24) is 10.3 Å². The number of nitrogens with two attached hydrogens (primary N) is 2. The zero-order chi connectivity index (χ0) is 22.4. The number of carbonyl (C=O) groups is 1. The van der Waals surface area contributed by atoms with Gasteiger partial charge in [0.1, 0.15) is 35.1 Å². The lowest BCUT2D eigenvalue weighted by Gasteiger charge is -2.26. The Bertz CT molecular complexity index is 1120. The van der Waals surface area contributed by atoms with Crippen molar-refractivity contribution in [3.8, 4) is 18.0 Å². The van der Waals surface area contributed by atoms with Crippen LogP contribution in [0.4, 0.5) is 17.3 Å². The number of ether oxygens (including phenoxy) is 2. The molecule has 2 aromatic rings. The predicted molar refractivity (Wildman–Crippen MR) is 113 cm³/mol. The molecule has 6 N–H and O–H groups in total. The Kier molecular flexibility index (Phi) is 6.38. The van der Waals surface area contributed by atoms with Crippen molar-refractivity contribution in [2.45, 2.75) is 19.4 Å². The average Bonchev–Trinajstić information content (AvgIpc) is 2.74. The number of anilines is 3. The third-order valence-electron chi connectivity index (χ3n) is 4.41. The van der Waals surface area contributed by atoms with Crippen molar-refractivity contribution in [2.24, 2.45) is 4.99 Å². The molecule has 158 valence electrons. The topological polar surface area (TPSA) is 184 Å². The van der Waals surface area contributed by atoms with Crippen molar-refractivity contribution in [2.75, 3.05) is 30.0 Å². The van der Waals surface area contributed by atoms with Crippen LogP contribution in [0.5, 0.6) is 5.75 Å². The number of nitrogen functional groups attached to an aromatic ring is 2. The lowest BCUT2D eigenvalue weighted by molar-refractivity contribution is -0.143. The van der Waals surface area contributed by atoms with E-state index >= 15 is 0 Å². The summed E-state index contributed by atoms with van der Waals surface area (Å²) in [5.41, 5.74) is 13.4. The second-order valence-electron chi connectivity index (χ2n) is 6.38. The first kappa shape index (κ1) is 21.2. The van der Waals surface area contributed by atoms with Gasteiger partial charge in [0.15, 0.2) is 6.19 Å². The van der Waals surface area contributed by atoms with Crippen LogP contribution in [-0.2, 0) is 9.53 Å². The molecule has 0 amide bonds. The van der Waals surface area contributed by atoms with Gasteiger partial charge in [-0.1, -0.05) is 12.1 Å². The Labute approximate surface area is 178 Å². The lowest BCUT2D eigenvalue weighted by atomic mass is 9.95. The number of carbonyl (C=O) groups excluding carboxylic acids is 1. The van der Waals surface area contributed by atoms with E-state index < -0.39 is 6.04 Å². The molecule has 0 radical (unpaired) electrons. The second-order valence-corrected chi connectivity index (χ2v) is 6.38.